The van der Waals surface area contributed by atoms with Crippen LogP contribution < -0.4 is 11.1 Å². The summed E-state index contributed by atoms with van der Waals surface area (Å²) in [6.07, 6.45) is 0. The van der Waals surface area contributed by atoms with E-state index in [9.17, 15) is 14.9 Å². The third-order valence-electron chi connectivity index (χ3n) is 1.97. The average Bonchev–Trinajstić information content (AvgIpc) is 2.27. The number of benzene rings is 1. The summed E-state index contributed by atoms with van der Waals surface area (Å²) in [5, 5.41) is 13.3. The topological polar surface area (TPSA) is 98.3 Å². The van der Waals surface area contributed by atoms with Gasteiger partial charge in [0.15, 0.2) is 5.78 Å². The van der Waals surface area contributed by atoms with Crippen LogP contribution in [0.1, 0.15) is 10.4 Å². The number of anilines is 1. The molecule has 0 atom stereocenters. The Labute approximate surface area is 86.2 Å². The molecule has 0 saturated heterocycles. The van der Waals surface area contributed by atoms with E-state index in [1.807, 2.05) is 0 Å². The number of hydrogen-bond donors (Lipinski definition) is 2. The van der Waals surface area contributed by atoms with Crippen LogP contribution in [0.2, 0.25) is 0 Å². The maximum atomic E-state index is 11.2. The zero-order valence-corrected chi connectivity index (χ0v) is 8.19. The molecule has 0 heterocycles. The van der Waals surface area contributed by atoms with Crippen molar-refractivity contribution in [1.82, 2.24) is 0 Å². The summed E-state index contributed by atoms with van der Waals surface area (Å²) in [4.78, 5) is 21.3. The molecule has 80 valence electrons. The number of nitrogens with two attached hydrogens (primary N) is 1. The third-order valence-corrected chi connectivity index (χ3v) is 1.97. The predicted octanol–water partition coefficient (Wildman–Crippen LogP) is 0.778. The lowest BCUT2D eigenvalue weighted by atomic mass is 10.1. The molecule has 1 rings (SSSR count). The second-order valence-corrected chi connectivity index (χ2v) is 2.87. The van der Waals surface area contributed by atoms with Crippen LogP contribution in [0.15, 0.2) is 18.2 Å². The van der Waals surface area contributed by atoms with Crippen LogP contribution >= 0.6 is 0 Å². The highest BCUT2D eigenvalue weighted by atomic mass is 16.6. The van der Waals surface area contributed by atoms with Gasteiger partial charge in [0.1, 0.15) is 5.69 Å². The van der Waals surface area contributed by atoms with Crippen molar-refractivity contribution in [2.24, 2.45) is 5.73 Å². The maximum absolute atomic E-state index is 11.2. The summed E-state index contributed by atoms with van der Waals surface area (Å²) >= 11 is 0. The van der Waals surface area contributed by atoms with Gasteiger partial charge in [-0.05, 0) is 12.1 Å². The SMILES string of the molecule is CNc1ccc(C(=O)CN)cc1[N+](=O)[O-]. The largest absolute Gasteiger partial charge is 0.383 e. The Balaban J connectivity index is 3.22. The zero-order valence-electron chi connectivity index (χ0n) is 8.19. The first kappa shape index (κ1) is 11.1. The van der Waals surface area contributed by atoms with Crippen LogP contribution in [0.4, 0.5) is 11.4 Å². The molecule has 6 nitrogen and oxygen atoms in total. The molecule has 0 saturated carbocycles. The second-order valence-electron chi connectivity index (χ2n) is 2.87. The Morgan fingerprint density at radius 1 is 1.60 bits per heavy atom. The molecule has 3 N–H and O–H groups in total. The minimum Gasteiger partial charge on any atom is -0.383 e. The first-order valence-corrected chi connectivity index (χ1v) is 4.29. The number of carbonyl (C=O) groups excluding carboxylic acids is 1. The van der Waals surface area contributed by atoms with Gasteiger partial charge in [0.05, 0.1) is 11.5 Å². The molecule has 0 fully saturated rings. The molecule has 0 radical (unpaired) electrons. The molecule has 15 heavy (non-hydrogen) atoms. The number of nitro benzene ring substituents is 1. The van der Waals surface area contributed by atoms with Gasteiger partial charge in [-0.3, -0.25) is 14.9 Å². The average molecular weight is 209 g/mol. The Morgan fingerprint density at radius 3 is 2.73 bits per heavy atom. The van der Waals surface area contributed by atoms with Gasteiger partial charge in [-0.25, -0.2) is 0 Å². The molecule has 6 heteroatoms. The summed E-state index contributed by atoms with van der Waals surface area (Å²) in [7, 11) is 1.58. The molecule has 1 aromatic carbocycles. The number of carbonyl (C=O) groups is 1. The van der Waals surface area contributed by atoms with Crippen molar-refractivity contribution < 1.29 is 9.72 Å². The fraction of sp³-hybridized carbons (Fsp3) is 0.222. The van der Waals surface area contributed by atoms with Crippen LogP contribution in [0.5, 0.6) is 0 Å². The lowest BCUT2D eigenvalue weighted by Crippen LogP contribution is -2.13. The molecule has 0 aliphatic carbocycles. The number of nitrogens with zero attached hydrogens (tertiary/aromatic N) is 1. The van der Waals surface area contributed by atoms with E-state index in [1.165, 1.54) is 18.2 Å². The maximum Gasteiger partial charge on any atom is 0.293 e. The van der Waals surface area contributed by atoms with E-state index < -0.39 is 4.92 Å². The highest BCUT2D eigenvalue weighted by Crippen LogP contribution is 2.24. The van der Waals surface area contributed by atoms with Crippen molar-refractivity contribution in [1.29, 1.82) is 0 Å². The van der Waals surface area contributed by atoms with Gasteiger partial charge in [0, 0.05) is 18.7 Å². The highest BCUT2D eigenvalue weighted by Gasteiger charge is 2.15. The highest BCUT2D eigenvalue weighted by molar-refractivity contribution is 5.98. The number of Topliss-reactive ketones (excluding diaryl/α,β-unsaturated/α-hetero) is 1. The predicted molar refractivity (Wildman–Crippen MR) is 56.0 cm³/mol. The Kier molecular flexibility index (Phi) is 3.35. The first-order valence-electron chi connectivity index (χ1n) is 4.29. The van der Waals surface area contributed by atoms with E-state index >= 15 is 0 Å². The van der Waals surface area contributed by atoms with Crippen molar-refractivity contribution in [2.75, 3.05) is 18.9 Å². The van der Waals surface area contributed by atoms with E-state index in [2.05, 4.69) is 5.32 Å². The van der Waals surface area contributed by atoms with Crippen LogP contribution in [0, 0.1) is 10.1 Å². The number of nitro groups is 1. The van der Waals surface area contributed by atoms with Crippen molar-refractivity contribution in [3.8, 4) is 0 Å². The van der Waals surface area contributed by atoms with Crippen molar-refractivity contribution >= 4 is 17.2 Å². The number of ketones is 1. The van der Waals surface area contributed by atoms with E-state index in [-0.39, 0.29) is 23.6 Å². The van der Waals surface area contributed by atoms with Crippen molar-refractivity contribution in [3.63, 3.8) is 0 Å². The summed E-state index contributed by atoms with van der Waals surface area (Å²) < 4.78 is 0. The summed E-state index contributed by atoms with van der Waals surface area (Å²) in [6, 6.07) is 4.22. The summed E-state index contributed by atoms with van der Waals surface area (Å²) in [5.41, 5.74) is 5.66. The molecule has 0 aliphatic heterocycles. The van der Waals surface area contributed by atoms with Crippen LogP contribution in [0.25, 0.3) is 0 Å². The van der Waals surface area contributed by atoms with Crippen LogP contribution in [-0.4, -0.2) is 24.3 Å². The van der Waals surface area contributed by atoms with Gasteiger partial charge in [0.25, 0.3) is 5.69 Å². The number of hydrogen-bond acceptors (Lipinski definition) is 5. The normalized spacial score (nSPS) is 9.73. The van der Waals surface area contributed by atoms with Crippen LogP contribution in [0.3, 0.4) is 0 Å². The molecule has 0 bridgehead atoms. The van der Waals surface area contributed by atoms with E-state index in [4.69, 9.17) is 5.73 Å². The monoisotopic (exact) mass is 209 g/mol. The third kappa shape index (κ3) is 2.29. The molecular weight excluding hydrogens is 198 g/mol. The Morgan fingerprint density at radius 2 is 2.27 bits per heavy atom. The lowest BCUT2D eigenvalue weighted by Gasteiger charge is -2.03. The smallest absolute Gasteiger partial charge is 0.293 e. The molecule has 0 unspecified atom stereocenters. The fourth-order valence-electron chi connectivity index (χ4n) is 1.19. The standard InChI is InChI=1S/C9H11N3O3/c1-11-7-3-2-6(9(13)5-10)4-8(7)12(14)15/h2-4,11H,5,10H2,1H3. The molecule has 0 amide bonds. The van der Waals surface area contributed by atoms with E-state index in [0.29, 0.717) is 5.69 Å². The second kappa shape index (κ2) is 4.52. The number of rotatable bonds is 4. The van der Waals surface area contributed by atoms with Gasteiger partial charge in [-0.2, -0.15) is 0 Å². The van der Waals surface area contributed by atoms with Gasteiger partial charge >= 0.3 is 0 Å². The molecule has 1 aromatic rings. The molecule has 0 aliphatic rings. The van der Waals surface area contributed by atoms with Gasteiger partial charge < -0.3 is 11.1 Å². The molecular formula is C9H11N3O3. The quantitative estimate of drug-likeness (QED) is 0.433. The van der Waals surface area contributed by atoms with Crippen LogP contribution in [-0.2, 0) is 0 Å². The number of nitrogens with one attached hydrogen (secondary N) is 1. The molecule has 0 aromatic heterocycles. The molecule has 0 spiro atoms. The van der Waals surface area contributed by atoms with E-state index in [0.717, 1.165) is 0 Å². The zero-order chi connectivity index (χ0) is 11.4. The summed E-state index contributed by atoms with van der Waals surface area (Å²) in [6.45, 7) is -0.157. The first-order chi connectivity index (χ1) is 7.10. The van der Waals surface area contributed by atoms with Gasteiger partial charge in [-0.15, -0.1) is 0 Å². The summed E-state index contributed by atoms with van der Waals surface area (Å²) in [5.74, 6) is -0.319. The van der Waals surface area contributed by atoms with Crippen molar-refractivity contribution in [3.05, 3.63) is 33.9 Å². The fourth-order valence-corrected chi connectivity index (χ4v) is 1.19. The lowest BCUT2D eigenvalue weighted by molar-refractivity contribution is -0.384. The Hall–Kier alpha value is -1.95. The van der Waals surface area contributed by atoms with Gasteiger partial charge in [0.2, 0.25) is 0 Å². The minimum atomic E-state index is -0.543. The van der Waals surface area contributed by atoms with E-state index in [1.54, 1.807) is 7.05 Å². The minimum absolute atomic E-state index is 0.128. The van der Waals surface area contributed by atoms with Gasteiger partial charge in [-0.1, -0.05) is 0 Å². The Bertz CT molecular complexity index is 404. The van der Waals surface area contributed by atoms with Crippen molar-refractivity contribution in [2.45, 2.75) is 0 Å².